The maximum Gasteiger partial charge on any atom is 0.250 e. The van der Waals surface area contributed by atoms with Gasteiger partial charge in [-0.2, -0.15) is 5.10 Å². The lowest BCUT2D eigenvalue weighted by Crippen LogP contribution is -2.20. The minimum absolute atomic E-state index is 0.129. The van der Waals surface area contributed by atoms with Crippen LogP contribution >= 0.6 is 23.1 Å². The van der Waals surface area contributed by atoms with Crippen LogP contribution in [0.3, 0.4) is 0 Å². The number of hydrogen-bond acceptors (Lipinski definition) is 5. The first-order chi connectivity index (χ1) is 11.7. The average molecular weight is 355 g/mol. The summed E-state index contributed by atoms with van der Waals surface area (Å²) in [6.45, 7) is 2.04. The second-order valence-corrected chi connectivity index (χ2v) is 7.50. The summed E-state index contributed by atoms with van der Waals surface area (Å²) in [5.74, 6) is 0.329. The molecule has 2 aromatic carbocycles. The average Bonchev–Trinajstić information content (AvgIpc) is 3.03. The molecular weight excluding hydrogens is 338 g/mol. The third kappa shape index (κ3) is 4.43. The standard InChI is InChI=1S/C18H17N3OS2/c1-13(14-7-3-2-4-8-14)11-19-21-17(22)12-23-18-20-15-9-5-6-10-16(15)24-18/h2-11,13H,12H2,1H3,(H,21,22)/b19-11-/t13-/m0/s1. The van der Waals surface area contributed by atoms with Crippen molar-refractivity contribution < 1.29 is 4.79 Å². The van der Waals surface area contributed by atoms with Gasteiger partial charge in [-0.1, -0.05) is 61.2 Å². The lowest BCUT2D eigenvalue weighted by molar-refractivity contribution is -0.118. The summed E-state index contributed by atoms with van der Waals surface area (Å²) in [5.41, 5.74) is 4.71. The number of nitrogens with one attached hydrogen (secondary N) is 1. The molecule has 1 atom stereocenters. The molecule has 122 valence electrons. The number of fused-ring (bicyclic) bond motifs is 1. The van der Waals surface area contributed by atoms with Crippen LogP contribution in [0.15, 0.2) is 64.0 Å². The van der Waals surface area contributed by atoms with E-state index in [1.807, 2.05) is 61.5 Å². The molecule has 3 rings (SSSR count). The quantitative estimate of drug-likeness (QED) is 0.408. The molecule has 0 radical (unpaired) electrons. The van der Waals surface area contributed by atoms with E-state index in [2.05, 4.69) is 15.5 Å². The number of benzene rings is 2. The Morgan fingerprint density at radius 2 is 2.00 bits per heavy atom. The van der Waals surface area contributed by atoms with E-state index in [1.54, 1.807) is 17.6 Å². The number of thioether (sulfide) groups is 1. The van der Waals surface area contributed by atoms with Crippen LogP contribution in [0.4, 0.5) is 0 Å². The van der Waals surface area contributed by atoms with E-state index in [4.69, 9.17) is 0 Å². The topological polar surface area (TPSA) is 54.4 Å². The van der Waals surface area contributed by atoms with Gasteiger partial charge in [0, 0.05) is 12.1 Å². The van der Waals surface area contributed by atoms with Crippen molar-refractivity contribution in [2.75, 3.05) is 5.75 Å². The number of nitrogens with zero attached hydrogens (tertiary/aromatic N) is 2. The third-order valence-electron chi connectivity index (χ3n) is 3.41. The Kier molecular flexibility index (Phi) is 5.61. The fourth-order valence-electron chi connectivity index (χ4n) is 2.14. The zero-order valence-electron chi connectivity index (χ0n) is 13.2. The van der Waals surface area contributed by atoms with Crippen LogP contribution in [0.5, 0.6) is 0 Å². The number of amides is 1. The predicted molar refractivity (Wildman–Crippen MR) is 102 cm³/mol. The second kappa shape index (κ2) is 8.08. The fraction of sp³-hybridized carbons (Fsp3) is 0.167. The molecular formula is C18H17N3OS2. The highest BCUT2D eigenvalue weighted by Crippen LogP contribution is 2.28. The molecule has 0 fully saturated rings. The number of rotatable bonds is 6. The highest BCUT2D eigenvalue weighted by atomic mass is 32.2. The van der Waals surface area contributed by atoms with E-state index in [1.165, 1.54) is 17.3 Å². The maximum atomic E-state index is 11.9. The van der Waals surface area contributed by atoms with Gasteiger partial charge in [0.2, 0.25) is 5.91 Å². The van der Waals surface area contributed by atoms with Crippen LogP contribution in [-0.2, 0) is 4.79 Å². The normalized spacial score (nSPS) is 12.5. The number of hydrogen-bond donors (Lipinski definition) is 1. The van der Waals surface area contributed by atoms with Gasteiger partial charge in [0.1, 0.15) is 0 Å². The van der Waals surface area contributed by atoms with Crippen molar-refractivity contribution >= 4 is 45.4 Å². The molecule has 0 unspecified atom stereocenters. The smallest absolute Gasteiger partial charge is 0.250 e. The Balaban J connectivity index is 1.48. The van der Waals surface area contributed by atoms with Crippen molar-refractivity contribution in [3.63, 3.8) is 0 Å². The summed E-state index contributed by atoms with van der Waals surface area (Å²) in [6, 6.07) is 18.0. The van der Waals surface area contributed by atoms with E-state index in [-0.39, 0.29) is 11.8 Å². The minimum atomic E-state index is -0.129. The van der Waals surface area contributed by atoms with Crippen LogP contribution < -0.4 is 5.43 Å². The number of aromatic nitrogens is 1. The van der Waals surface area contributed by atoms with E-state index < -0.39 is 0 Å². The largest absolute Gasteiger partial charge is 0.272 e. The third-order valence-corrected chi connectivity index (χ3v) is 5.59. The Morgan fingerprint density at radius 3 is 2.79 bits per heavy atom. The summed E-state index contributed by atoms with van der Waals surface area (Å²) >= 11 is 3.03. The monoisotopic (exact) mass is 355 g/mol. The Bertz CT molecular complexity index is 813. The van der Waals surface area contributed by atoms with Gasteiger partial charge in [-0.15, -0.1) is 11.3 Å². The van der Waals surface area contributed by atoms with Crippen molar-refractivity contribution in [3.05, 3.63) is 60.2 Å². The molecule has 0 saturated carbocycles. The molecule has 4 nitrogen and oxygen atoms in total. The van der Waals surface area contributed by atoms with Gasteiger partial charge in [0.25, 0.3) is 0 Å². The van der Waals surface area contributed by atoms with Gasteiger partial charge in [-0.25, -0.2) is 10.4 Å². The minimum Gasteiger partial charge on any atom is -0.272 e. The van der Waals surface area contributed by atoms with Crippen LogP contribution in [0, 0.1) is 0 Å². The fourth-order valence-corrected chi connectivity index (χ4v) is 4.00. The van der Waals surface area contributed by atoms with Gasteiger partial charge in [-0.3, -0.25) is 4.79 Å². The summed E-state index contributed by atoms with van der Waals surface area (Å²) in [4.78, 5) is 16.4. The van der Waals surface area contributed by atoms with Crippen LogP contribution in [0.1, 0.15) is 18.4 Å². The van der Waals surface area contributed by atoms with Crippen molar-refractivity contribution in [1.82, 2.24) is 10.4 Å². The molecule has 0 aliphatic heterocycles. The molecule has 3 aromatic rings. The van der Waals surface area contributed by atoms with Gasteiger partial charge in [-0.05, 0) is 17.7 Å². The van der Waals surface area contributed by atoms with Gasteiger partial charge < -0.3 is 0 Å². The Morgan fingerprint density at radius 1 is 1.25 bits per heavy atom. The van der Waals surface area contributed by atoms with Crippen molar-refractivity contribution in [2.45, 2.75) is 17.2 Å². The molecule has 0 bridgehead atoms. The summed E-state index contributed by atoms with van der Waals surface area (Å²) in [5, 5.41) is 4.05. The SMILES string of the molecule is C[C@@H](/C=N\NC(=O)CSc1nc2ccccc2s1)c1ccccc1. The van der Waals surface area contributed by atoms with Crippen LogP contribution in [0.2, 0.25) is 0 Å². The lowest BCUT2D eigenvalue weighted by atomic mass is 10.0. The molecule has 0 aliphatic rings. The van der Waals surface area contributed by atoms with Crippen LogP contribution in [-0.4, -0.2) is 22.9 Å². The van der Waals surface area contributed by atoms with Gasteiger partial charge >= 0.3 is 0 Å². The molecule has 24 heavy (non-hydrogen) atoms. The molecule has 0 spiro atoms. The number of carbonyl (C=O) groups is 1. The number of carbonyl (C=O) groups excluding carboxylic acids is 1. The zero-order valence-corrected chi connectivity index (χ0v) is 14.8. The molecule has 1 heterocycles. The van der Waals surface area contributed by atoms with Gasteiger partial charge in [0.05, 0.1) is 16.0 Å². The predicted octanol–water partition coefficient (Wildman–Crippen LogP) is 4.29. The van der Waals surface area contributed by atoms with E-state index >= 15 is 0 Å². The number of para-hydroxylation sites is 1. The maximum absolute atomic E-state index is 11.9. The zero-order chi connectivity index (χ0) is 16.8. The molecule has 1 N–H and O–H groups in total. The summed E-state index contributed by atoms with van der Waals surface area (Å²) in [7, 11) is 0. The van der Waals surface area contributed by atoms with Crippen molar-refractivity contribution in [1.29, 1.82) is 0 Å². The van der Waals surface area contributed by atoms with E-state index in [0.717, 1.165) is 14.6 Å². The highest BCUT2D eigenvalue weighted by Gasteiger charge is 2.07. The number of thiazole rings is 1. The van der Waals surface area contributed by atoms with Gasteiger partial charge in [0.15, 0.2) is 4.34 Å². The van der Waals surface area contributed by atoms with Crippen molar-refractivity contribution in [3.8, 4) is 0 Å². The molecule has 0 aliphatic carbocycles. The lowest BCUT2D eigenvalue weighted by Gasteiger charge is -2.05. The van der Waals surface area contributed by atoms with Crippen LogP contribution in [0.25, 0.3) is 10.2 Å². The summed E-state index contributed by atoms with van der Waals surface area (Å²) in [6.07, 6.45) is 1.75. The molecule has 1 amide bonds. The van der Waals surface area contributed by atoms with E-state index in [0.29, 0.717) is 5.75 Å². The molecule has 0 saturated heterocycles. The van der Waals surface area contributed by atoms with E-state index in [9.17, 15) is 4.79 Å². The summed E-state index contributed by atoms with van der Waals surface area (Å²) < 4.78 is 2.03. The number of hydrazone groups is 1. The highest BCUT2D eigenvalue weighted by molar-refractivity contribution is 8.01. The molecule has 6 heteroatoms. The Hall–Kier alpha value is -2.18. The second-order valence-electron chi connectivity index (χ2n) is 5.25. The Labute approximate surface area is 149 Å². The first kappa shape index (κ1) is 16.7. The molecule has 1 aromatic heterocycles. The first-order valence-corrected chi connectivity index (χ1v) is 9.38. The first-order valence-electron chi connectivity index (χ1n) is 7.58. The van der Waals surface area contributed by atoms with Crippen molar-refractivity contribution in [2.24, 2.45) is 5.10 Å².